The Morgan fingerprint density at radius 3 is 2.95 bits per heavy atom. The summed E-state index contributed by atoms with van der Waals surface area (Å²) in [4.78, 5) is 18.4. The number of hydrogen-bond donors (Lipinski definition) is 1. The molecule has 0 spiro atoms. The summed E-state index contributed by atoms with van der Waals surface area (Å²) in [6, 6.07) is 3.98. The highest BCUT2D eigenvalue weighted by Crippen LogP contribution is 2.29. The Morgan fingerprint density at radius 2 is 2.40 bits per heavy atom. The number of nitriles is 1. The molecular formula is C14H17ClN4O. The Morgan fingerprint density at radius 1 is 1.65 bits per heavy atom. The maximum atomic E-state index is 12.5. The van der Waals surface area contributed by atoms with Gasteiger partial charge in [0, 0.05) is 25.3 Å². The number of nitrogens with one attached hydrogen (secondary N) is 1. The van der Waals surface area contributed by atoms with Gasteiger partial charge in [-0.3, -0.25) is 4.79 Å². The summed E-state index contributed by atoms with van der Waals surface area (Å²) in [7, 11) is 0. The van der Waals surface area contributed by atoms with E-state index in [1.54, 1.807) is 11.0 Å². The molecule has 5 nitrogen and oxygen atoms in total. The fourth-order valence-electron chi connectivity index (χ4n) is 2.02. The molecule has 0 unspecified atom stereocenters. The molecule has 0 atom stereocenters. The summed E-state index contributed by atoms with van der Waals surface area (Å²) >= 11 is 6.11. The van der Waals surface area contributed by atoms with Gasteiger partial charge in [0.1, 0.15) is 5.82 Å². The number of carbonyl (C=O) groups is 1. The lowest BCUT2D eigenvalue weighted by Crippen LogP contribution is -2.34. The number of nitrogens with zero attached hydrogens (tertiary/aromatic N) is 3. The molecule has 0 bridgehead atoms. The van der Waals surface area contributed by atoms with Crippen molar-refractivity contribution in [3.63, 3.8) is 0 Å². The van der Waals surface area contributed by atoms with Crippen molar-refractivity contribution >= 4 is 23.3 Å². The first-order valence-electron chi connectivity index (χ1n) is 6.74. The van der Waals surface area contributed by atoms with Gasteiger partial charge < -0.3 is 10.2 Å². The average molecular weight is 293 g/mol. The van der Waals surface area contributed by atoms with Crippen LogP contribution < -0.4 is 5.32 Å². The Kier molecular flexibility index (Phi) is 4.80. The molecule has 0 radical (unpaired) electrons. The number of anilines is 1. The van der Waals surface area contributed by atoms with Gasteiger partial charge in [-0.15, -0.1) is 0 Å². The second-order valence-electron chi connectivity index (χ2n) is 4.72. The van der Waals surface area contributed by atoms with Crippen molar-refractivity contribution in [2.75, 3.05) is 18.4 Å². The van der Waals surface area contributed by atoms with E-state index in [1.165, 1.54) is 6.20 Å². The average Bonchev–Trinajstić information content (AvgIpc) is 3.26. The van der Waals surface area contributed by atoms with Crippen LogP contribution in [0.1, 0.15) is 36.5 Å². The molecule has 1 aliphatic carbocycles. The van der Waals surface area contributed by atoms with Crippen LogP contribution in [0.4, 0.5) is 5.82 Å². The number of carbonyl (C=O) groups excluding carboxylic acids is 1. The maximum Gasteiger partial charge on any atom is 0.255 e. The highest BCUT2D eigenvalue weighted by Gasteiger charge is 2.32. The van der Waals surface area contributed by atoms with E-state index in [2.05, 4.69) is 16.4 Å². The van der Waals surface area contributed by atoms with Gasteiger partial charge in [0.25, 0.3) is 5.91 Å². The lowest BCUT2D eigenvalue weighted by molar-refractivity contribution is 0.0746. The molecule has 20 heavy (non-hydrogen) atoms. The third kappa shape index (κ3) is 3.40. The quantitative estimate of drug-likeness (QED) is 0.875. The van der Waals surface area contributed by atoms with Gasteiger partial charge in [0.15, 0.2) is 0 Å². The second-order valence-corrected chi connectivity index (χ2v) is 5.13. The van der Waals surface area contributed by atoms with Gasteiger partial charge in [0.05, 0.1) is 23.1 Å². The van der Waals surface area contributed by atoms with Crippen molar-refractivity contribution < 1.29 is 4.79 Å². The predicted molar refractivity (Wildman–Crippen MR) is 77.7 cm³/mol. The number of halogens is 1. The number of rotatable bonds is 6. The number of aromatic nitrogens is 1. The molecule has 0 saturated heterocycles. The van der Waals surface area contributed by atoms with Gasteiger partial charge in [-0.05, 0) is 25.8 Å². The smallest absolute Gasteiger partial charge is 0.255 e. The van der Waals surface area contributed by atoms with Crippen LogP contribution in [0.5, 0.6) is 0 Å². The Hall–Kier alpha value is -1.80. The summed E-state index contributed by atoms with van der Waals surface area (Å²) in [6.07, 6.45) is 3.90. The van der Waals surface area contributed by atoms with Crippen LogP contribution >= 0.6 is 11.6 Å². The number of amides is 1. The normalized spacial score (nSPS) is 13.7. The number of pyridine rings is 1. The third-order valence-electron chi connectivity index (χ3n) is 3.15. The first-order valence-corrected chi connectivity index (χ1v) is 7.12. The Labute approximate surface area is 123 Å². The fraction of sp³-hybridized carbons (Fsp3) is 0.500. The lowest BCUT2D eigenvalue weighted by Gasteiger charge is -2.21. The zero-order valence-corrected chi connectivity index (χ0v) is 12.2. The summed E-state index contributed by atoms with van der Waals surface area (Å²) in [5.74, 6) is 0.487. The fourth-order valence-corrected chi connectivity index (χ4v) is 2.26. The molecule has 1 N–H and O–H groups in total. The molecular weight excluding hydrogens is 276 g/mol. The van der Waals surface area contributed by atoms with Crippen molar-refractivity contribution in [3.8, 4) is 6.07 Å². The third-order valence-corrected chi connectivity index (χ3v) is 3.43. The second kappa shape index (κ2) is 6.58. The molecule has 0 aliphatic heterocycles. The van der Waals surface area contributed by atoms with Crippen LogP contribution in [0.3, 0.4) is 0 Å². The van der Waals surface area contributed by atoms with Gasteiger partial charge in [-0.1, -0.05) is 11.6 Å². The largest absolute Gasteiger partial charge is 0.369 e. The van der Waals surface area contributed by atoms with Gasteiger partial charge in [-0.25, -0.2) is 4.98 Å². The Bertz CT molecular complexity index is 536. The van der Waals surface area contributed by atoms with Crippen molar-refractivity contribution in [1.82, 2.24) is 9.88 Å². The molecule has 1 amide bonds. The lowest BCUT2D eigenvalue weighted by atomic mass is 10.2. The summed E-state index contributed by atoms with van der Waals surface area (Å²) in [6.45, 7) is 3.14. The minimum absolute atomic E-state index is 0.0970. The minimum atomic E-state index is -0.0970. The summed E-state index contributed by atoms with van der Waals surface area (Å²) in [5.41, 5.74) is 0.474. The van der Waals surface area contributed by atoms with Crippen LogP contribution in [0, 0.1) is 11.3 Å². The summed E-state index contributed by atoms with van der Waals surface area (Å²) < 4.78 is 0. The molecule has 6 heteroatoms. The molecule has 1 saturated carbocycles. The standard InChI is InChI=1S/C14H17ClN4O/c1-2-17-13-12(15)8-10(9-18-13)14(20)19(7-3-6-16)11-4-5-11/h8-9,11H,2-5,7H2,1H3,(H,17,18). The van der Waals surface area contributed by atoms with E-state index in [4.69, 9.17) is 16.9 Å². The molecule has 1 aromatic heterocycles. The van der Waals surface area contributed by atoms with Crippen LogP contribution in [0.25, 0.3) is 0 Å². The van der Waals surface area contributed by atoms with E-state index in [1.807, 2.05) is 6.92 Å². The van der Waals surface area contributed by atoms with Crippen molar-refractivity contribution in [2.24, 2.45) is 0 Å². The topological polar surface area (TPSA) is 69.0 Å². The van der Waals surface area contributed by atoms with Crippen LogP contribution in [-0.4, -0.2) is 34.9 Å². The van der Waals surface area contributed by atoms with E-state index >= 15 is 0 Å². The number of hydrogen-bond acceptors (Lipinski definition) is 4. The highest BCUT2D eigenvalue weighted by molar-refractivity contribution is 6.33. The zero-order valence-electron chi connectivity index (χ0n) is 11.4. The van der Waals surface area contributed by atoms with E-state index in [0.717, 1.165) is 19.4 Å². The molecule has 1 fully saturated rings. The van der Waals surface area contributed by atoms with Crippen LogP contribution in [-0.2, 0) is 0 Å². The summed E-state index contributed by atoms with van der Waals surface area (Å²) in [5, 5.41) is 12.1. The predicted octanol–water partition coefficient (Wildman–Crippen LogP) is 2.69. The van der Waals surface area contributed by atoms with Gasteiger partial charge in [-0.2, -0.15) is 5.26 Å². The van der Waals surface area contributed by atoms with E-state index in [9.17, 15) is 4.79 Å². The Balaban J connectivity index is 2.14. The van der Waals surface area contributed by atoms with Crippen LogP contribution in [0.2, 0.25) is 5.02 Å². The van der Waals surface area contributed by atoms with Gasteiger partial charge >= 0.3 is 0 Å². The SMILES string of the molecule is CCNc1ncc(C(=O)N(CCC#N)C2CC2)cc1Cl. The molecule has 1 heterocycles. The highest BCUT2D eigenvalue weighted by atomic mass is 35.5. The molecule has 0 aromatic carbocycles. The van der Waals surface area contributed by atoms with Crippen LogP contribution in [0.15, 0.2) is 12.3 Å². The van der Waals surface area contributed by atoms with Crippen molar-refractivity contribution in [3.05, 3.63) is 22.8 Å². The first kappa shape index (κ1) is 14.6. The molecule has 106 valence electrons. The van der Waals surface area contributed by atoms with E-state index in [0.29, 0.717) is 29.4 Å². The maximum absolute atomic E-state index is 12.5. The molecule has 2 rings (SSSR count). The zero-order chi connectivity index (χ0) is 14.5. The molecule has 1 aromatic rings. The van der Waals surface area contributed by atoms with Crippen molar-refractivity contribution in [2.45, 2.75) is 32.2 Å². The molecule has 1 aliphatic rings. The van der Waals surface area contributed by atoms with Gasteiger partial charge in [0.2, 0.25) is 0 Å². The monoisotopic (exact) mass is 292 g/mol. The van der Waals surface area contributed by atoms with E-state index < -0.39 is 0 Å². The first-order chi connectivity index (χ1) is 9.67. The van der Waals surface area contributed by atoms with E-state index in [-0.39, 0.29) is 11.9 Å². The van der Waals surface area contributed by atoms with Crippen molar-refractivity contribution in [1.29, 1.82) is 5.26 Å². The minimum Gasteiger partial charge on any atom is -0.369 e.